The molecule has 5 rings (SSSR count). The van der Waals surface area contributed by atoms with Crippen LogP contribution in [0.1, 0.15) is 38.7 Å². The molecule has 1 aromatic carbocycles. The smallest absolute Gasteiger partial charge is 0.338 e. The summed E-state index contributed by atoms with van der Waals surface area (Å²) in [6.45, 7) is 5.23. The summed E-state index contributed by atoms with van der Waals surface area (Å²) in [5.41, 5.74) is 3.99. The zero-order valence-corrected chi connectivity index (χ0v) is 18.8. The number of hydrogen-bond donors (Lipinski definition) is 1. The Labute approximate surface area is 196 Å². The van der Waals surface area contributed by atoms with Crippen LogP contribution in [0.3, 0.4) is 0 Å². The lowest BCUT2D eigenvalue weighted by atomic mass is 9.95. The van der Waals surface area contributed by atoms with Gasteiger partial charge in [-0.25, -0.2) is 9.78 Å². The molecular formula is C23H25N7O4. The van der Waals surface area contributed by atoms with Crippen molar-refractivity contribution in [2.24, 2.45) is 0 Å². The van der Waals surface area contributed by atoms with E-state index in [1.807, 2.05) is 24.0 Å². The first kappa shape index (κ1) is 22.1. The average Bonchev–Trinajstić information content (AvgIpc) is 3.51. The number of tetrazole rings is 1. The molecule has 11 nitrogen and oxygen atoms in total. The van der Waals surface area contributed by atoms with Gasteiger partial charge in [0.1, 0.15) is 12.9 Å². The molecule has 2 aliphatic rings. The Bertz CT molecular complexity index is 1190. The van der Waals surface area contributed by atoms with Crippen molar-refractivity contribution in [1.82, 2.24) is 35.0 Å². The molecule has 0 bridgehead atoms. The number of aliphatic hydroxyl groups excluding tert-OH is 1. The van der Waals surface area contributed by atoms with Crippen LogP contribution in [0.5, 0.6) is 0 Å². The van der Waals surface area contributed by atoms with E-state index in [1.165, 1.54) is 11.0 Å². The van der Waals surface area contributed by atoms with Gasteiger partial charge in [-0.2, -0.15) is 4.68 Å². The van der Waals surface area contributed by atoms with E-state index in [-0.39, 0.29) is 24.9 Å². The molecule has 1 amide bonds. The molecule has 1 fully saturated rings. The van der Waals surface area contributed by atoms with Gasteiger partial charge in [0.2, 0.25) is 5.91 Å². The van der Waals surface area contributed by atoms with Gasteiger partial charge in [-0.05, 0) is 46.2 Å². The standard InChI is InChI=1S/C23H25N7O4/c1-15-17(3-4-18-19(15)13-34-23(18)33)20(31)12-28-6-8-29(9-7-28)22(32)10-16-2-5-21(24-11-16)30-14-25-26-27-30/h2-5,11,14,20,31H,6-10,12-13H2,1H3. The number of aromatic nitrogens is 5. The Morgan fingerprint density at radius 1 is 1.18 bits per heavy atom. The molecule has 2 aromatic heterocycles. The first-order chi connectivity index (χ1) is 16.5. The van der Waals surface area contributed by atoms with Crippen molar-refractivity contribution in [3.8, 4) is 5.82 Å². The number of piperazine rings is 1. The second-order valence-electron chi connectivity index (χ2n) is 8.54. The molecule has 0 saturated carbocycles. The number of β-amino-alcohol motifs (C(OH)–C–C–N with tert-alkyl or cyclic N) is 1. The Morgan fingerprint density at radius 3 is 2.71 bits per heavy atom. The Hall–Kier alpha value is -3.70. The van der Waals surface area contributed by atoms with E-state index >= 15 is 0 Å². The van der Waals surface area contributed by atoms with E-state index in [4.69, 9.17) is 4.74 Å². The van der Waals surface area contributed by atoms with E-state index < -0.39 is 6.10 Å². The molecule has 176 valence electrons. The first-order valence-electron chi connectivity index (χ1n) is 11.2. The predicted molar refractivity (Wildman–Crippen MR) is 119 cm³/mol. The molecule has 1 N–H and O–H groups in total. The Morgan fingerprint density at radius 2 is 2.00 bits per heavy atom. The maximum Gasteiger partial charge on any atom is 0.338 e. The summed E-state index contributed by atoms with van der Waals surface area (Å²) < 4.78 is 6.56. The number of benzene rings is 1. The van der Waals surface area contributed by atoms with Gasteiger partial charge in [0, 0.05) is 44.5 Å². The van der Waals surface area contributed by atoms with Crippen LogP contribution in [0, 0.1) is 6.92 Å². The fourth-order valence-electron chi connectivity index (χ4n) is 4.46. The van der Waals surface area contributed by atoms with Crippen molar-refractivity contribution in [2.75, 3.05) is 32.7 Å². The largest absolute Gasteiger partial charge is 0.457 e. The van der Waals surface area contributed by atoms with Crippen molar-refractivity contribution >= 4 is 11.9 Å². The van der Waals surface area contributed by atoms with Crippen LogP contribution >= 0.6 is 0 Å². The van der Waals surface area contributed by atoms with Crippen LogP contribution in [0.25, 0.3) is 5.82 Å². The van der Waals surface area contributed by atoms with Crippen LogP contribution in [-0.4, -0.2) is 84.7 Å². The molecule has 3 aromatic rings. The summed E-state index contributed by atoms with van der Waals surface area (Å²) in [7, 11) is 0. The normalized spacial score (nSPS) is 16.9. The number of pyridine rings is 1. The summed E-state index contributed by atoms with van der Waals surface area (Å²) in [5.74, 6) is 0.335. The zero-order chi connectivity index (χ0) is 23.7. The summed E-state index contributed by atoms with van der Waals surface area (Å²) in [6, 6.07) is 7.17. The number of carbonyl (C=O) groups excluding carboxylic acids is 2. The average molecular weight is 463 g/mol. The third-order valence-electron chi connectivity index (χ3n) is 6.47. The second kappa shape index (κ2) is 9.27. The van der Waals surface area contributed by atoms with Crippen molar-refractivity contribution in [3.63, 3.8) is 0 Å². The summed E-state index contributed by atoms with van der Waals surface area (Å²) >= 11 is 0. The van der Waals surface area contributed by atoms with E-state index in [0.29, 0.717) is 44.1 Å². The number of carbonyl (C=O) groups is 2. The Kier molecular flexibility index (Phi) is 6.03. The van der Waals surface area contributed by atoms with Gasteiger partial charge >= 0.3 is 5.97 Å². The van der Waals surface area contributed by atoms with Crippen molar-refractivity contribution < 1.29 is 19.4 Å². The van der Waals surface area contributed by atoms with Gasteiger partial charge in [0.25, 0.3) is 0 Å². The molecule has 4 heterocycles. The predicted octanol–water partition coefficient (Wildman–Crippen LogP) is 0.456. The molecule has 0 spiro atoms. The summed E-state index contributed by atoms with van der Waals surface area (Å²) in [6.07, 6.45) is 2.73. The minimum atomic E-state index is -0.673. The SMILES string of the molecule is Cc1c(C(O)CN2CCN(C(=O)Cc3ccc(-n4cnnn4)nc3)CC2)ccc2c1COC2=O. The van der Waals surface area contributed by atoms with Crippen LogP contribution in [0.4, 0.5) is 0 Å². The van der Waals surface area contributed by atoms with E-state index in [0.717, 1.165) is 22.3 Å². The number of cyclic esters (lactones) is 1. The van der Waals surface area contributed by atoms with Crippen LogP contribution in [-0.2, 0) is 22.6 Å². The number of ether oxygens (including phenoxy) is 1. The highest BCUT2D eigenvalue weighted by molar-refractivity contribution is 5.94. The van der Waals surface area contributed by atoms with Crippen molar-refractivity contribution in [2.45, 2.75) is 26.1 Å². The molecule has 1 saturated heterocycles. The maximum atomic E-state index is 12.8. The fraction of sp³-hybridized carbons (Fsp3) is 0.391. The van der Waals surface area contributed by atoms with E-state index in [9.17, 15) is 14.7 Å². The minimum absolute atomic E-state index is 0.0521. The number of amides is 1. The van der Waals surface area contributed by atoms with Crippen molar-refractivity contribution in [3.05, 3.63) is 64.6 Å². The molecule has 0 radical (unpaired) electrons. The molecule has 34 heavy (non-hydrogen) atoms. The lowest BCUT2D eigenvalue weighted by Gasteiger charge is -2.36. The van der Waals surface area contributed by atoms with Gasteiger partial charge < -0.3 is 14.7 Å². The fourth-order valence-corrected chi connectivity index (χ4v) is 4.46. The second-order valence-corrected chi connectivity index (χ2v) is 8.54. The number of nitrogens with zero attached hydrogens (tertiary/aromatic N) is 7. The summed E-state index contributed by atoms with van der Waals surface area (Å²) in [4.78, 5) is 32.8. The minimum Gasteiger partial charge on any atom is -0.457 e. The third-order valence-corrected chi connectivity index (χ3v) is 6.47. The number of rotatable bonds is 6. The van der Waals surface area contributed by atoms with Crippen molar-refractivity contribution in [1.29, 1.82) is 0 Å². The van der Waals surface area contributed by atoms with Crippen LogP contribution < -0.4 is 0 Å². The van der Waals surface area contributed by atoms with Gasteiger partial charge in [-0.1, -0.05) is 12.1 Å². The number of aliphatic hydroxyl groups is 1. The highest BCUT2D eigenvalue weighted by atomic mass is 16.5. The van der Waals surface area contributed by atoms with Crippen LogP contribution in [0.2, 0.25) is 0 Å². The topological polar surface area (TPSA) is 127 Å². The number of fused-ring (bicyclic) bond motifs is 1. The maximum absolute atomic E-state index is 12.8. The molecule has 1 atom stereocenters. The lowest BCUT2D eigenvalue weighted by molar-refractivity contribution is -0.132. The zero-order valence-electron chi connectivity index (χ0n) is 18.8. The van der Waals surface area contributed by atoms with Gasteiger partial charge in [0.05, 0.1) is 18.1 Å². The monoisotopic (exact) mass is 463 g/mol. The summed E-state index contributed by atoms with van der Waals surface area (Å²) in [5, 5.41) is 21.8. The molecule has 1 unspecified atom stereocenters. The quantitative estimate of drug-likeness (QED) is 0.519. The third kappa shape index (κ3) is 4.39. The van der Waals surface area contributed by atoms with E-state index in [2.05, 4.69) is 25.4 Å². The Balaban J connectivity index is 1.13. The first-order valence-corrected chi connectivity index (χ1v) is 11.2. The van der Waals surface area contributed by atoms with E-state index in [1.54, 1.807) is 18.3 Å². The van der Waals surface area contributed by atoms with Gasteiger partial charge in [-0.3, -0.25) is 9.69 Å². The highest BCUT2D eigenvalue weighted by Gasteiger charge is 2.27. The molecule has 2 aliphatic heterocycles. The molecule has 11 heteroatoms. The van der Waals surface area contributed by atoms with Gasteiger partial charge in [-0.15, -0.1) is 5.10 Å². The lowest BCUT2D eigenvalue weighted by Crippen LogP contribution is -2.50. The van der Waals surface area contributed by atoms with Crippen LogP contribution in [0.15, 0.2) is 36.8 Å². The number of hydrogen-bond acceptors (Lipinski definition) is 9. The van der Waals surface area contributed by atoms with Gasteiger partial charge in [0.15, 0.2) is 5.82 Å². The highest BCUT2D eigenvalue weighted by Crippen LogP contribution is 2.29. The number of esters is 1. The molecular weight excluding hydrogens is 438 g/mol. The molecule has 0 aliphatic carbocycles.